The standard InChI is InChI=1S/C15H20ClNO2.C10H11FO.C2H6.Na/c1-2-13-7-8-17(13)10-12(15(18)19)9-11-5-3-4-6-14(11)16;1-7-10-3-2-9(11)6-8(10)4-5-12-7;1-2;/h3-6,12-13H,2,7-10H2,1H3,(H,18,19);2-3,6-7H,4-5H2,1H3;1-2H3;/q;;;+1/p-1. The molecular weight excluding hydrogens is 464 g/mol. The summed E-state index contributed by atoms with van der Waals surface area (Å²) in [4.78, 5) is 13.5. The van der Waals surface area contributed by atoms with Crippen LogP contribution in [0.25, 0.3) is 0 Å². The first kappa shape index (κ1) is 31.1. The van der Waals surface area contributed by atoms with Crippen LogP contribution in [0.5, 0.6) is 0 Å². The second-order valence-electron chi connectivity index (χ2n) is 8.26. The molecule has 2 heterocycles. The van der Waals surface area contributed by atoms with Crippen molar-refractivity contribution in [2.24, 2.45) is 5.92 Å². The average molecular weight is 500 g/mol. The number of likely N-dealkylation sites (tertiary alicyclic amines) is 1. The number of hydrogen-bond acceptors (Lipinski definition) is 4. The maximum atomic E-state index is 12.8. The van der Waals surface area contributed by atoms with Gasteiger partial charge in [-0.3, -0.25) is 4.90 Å². The van der Waals surface area contributed by atoms with Crippen LogP contribution < -0.4 is 34.7 Å². The molecule has 4 rings (SSSR count). The van der Waals surface area contributed by atoms with E-state index in [1.807, 2.05) is 45.0 Å². The summed E-state index contributed by atoms with van der Waals surface area (Å²) >= 11 is 6.09. The number of fused-ring (bicyclic) bond motifs is 1. The number of rotatable bonds is 6. The van der Waals surface area contributed by atoms with Gasteiger partial charge in [0.25, 0.3) is 0 Å². The van der Waals surface area contributed by atoms with Crippen LogP contribution >= 0.6 is 11.6 Å². The van der Waals surface area contributed by atoms with Gasteiger partial charge in [0.1, 0.15) is 5.82 Å². The van der Waals surface area contributed by atoms with E-state index in [-0.39, 0.29) is 41.5 Å². The third kappa shape index (κ3) is 8.92. The van der Waals surface area contributed by atoms with Crippen LogP contribution in [-0.4, -0.2) is 36.6 Å². The molecule has 0 bridgehead atoms. The summed E-state index contributed by atoms with van der Waals surface area (Å²) in [7, 11) is 0. The Labute approximate surface area is 231 Å². The molecule has 7 heteroatoms. The first-order valence-corrected chi connectivity index (χ1v) is 12.3. The van der Waals surface area contributed by atoms with Gasteiger partial charge >= 0.3 is 29.6 Å². The Balaban J connectivity index is 0.000000332. The summed E-state index contributed by atoms with van der Waals surface area (Å²) in [6.45, 7) is 10.4. The molecule has 34 heavy (non-hydrogen) atoms. The maximum Gasteiger partial charge on any atom is 1.00 e. The maximum absolute atomic E-state index is 12.8. The Morgan fingerprint density at radius 2 is 1.97 bits per heavy atom. The fraction of sp³-hybridized carbons (Fsp3) is 0.519. The molecule has 1 saturated heterocycles. The number of carboxylic acids is 1. The Morgan fingerprint density at radius 3 is 2.56 bits per heavy atom. The van der Waals surface area contributed by atoms with Crippen LogP contribution in [0.1, 0.15) is 63.3 Å². The van der Waals surface area contributed by atoms with Crippen molar-refractivity contribution in [1.82, 2.24) is 4.90 Å². The topological polar surface area (TPSA) is 52.6 Å². The molecule has 0 N–H and O–H groups in total. The minimum Gasteiger partial charge on any atom is -0.550 e. The Morgan fingerprint density at radius 1 is 1.26 bits per heavy atom. The molecule has 0 aliphatic carbocycles. The first-order valence-electron chi connectivity index (χ1n) is 12.0. The van der Waals surface area contributed by atoms with E-state index < -0.39 is 11.9 Å². The van der Waals surface area contributed by atoms with E-state index in [9.17, 15) is 14.3 Å². The van der Waals surface area contributed by atoms with Crippen LogP contribution in [0.15, 0.2) is 42.5 Å². The molecular formula is C27H36ClFNNaO3. The van der Waals surface area contributed by atoms with Crippen molar-refractivity contribution in [2.45, 2.75) is 65.5 Å². The molecule has 2 aromatic carbocycles. The van der Waals surface area contributed by atoms with Gasteiger partial charge < -0.3 is 14.6 Å². The zero-order valence-electron chi connectivity index (χ0n) is 21.2. The molecule has 0 amide bonds. The minimum absolute atomic E-state index is 0. The Hall–Kier alpha value is -0.950. The van der Waals surface area contributed by atoms with Crippen LogP contribution in [0.3, 0.4) is 0 Å². The number of benzene rings is 2. The van der Waals surface area contributed by atoms with Gasteiger partial charge in [-0.15, -0.1) is 0 Å². The Bertz CT molecular complexity index is 896. The number of carboxylic acid groups (broad SMARTS) is 1. The van der Waals surface area contributed by atoms with Crippen LogP contribution in [0.4, 0.5) is 4.39 Å². The molecule has 0 radical (unpaired) electrons. The molecule has 0 spiro atoms. The van der Waals surface area contributed by atoms with E-state index in [1.54, 1.807) is 12.1 Å². The van der Waals surface area contributed by atoms with Crippen molar-refractivity contribution in [3.63, 3.8) is 0 Å². The van der Waals surface area contributed by atoms with Gasteiger partial charge in [0.15, 0.2) is 0 Å². The van der Waals surface area contributed by atoms with Gasteiger partial charge in [0.2, 0.25) is 0 Å². The molecule has 2 aromatic rings. The summed E-state index contributed by atoms with van der Waals surface area (Å²) in [6.07, 6.45) is 3.63. The van der Waals surface area contributed by atoms with E-state index >= 15 is 0 Å². The Kier molecular flexibility index (Phi) is 14.6. The summed E-state index contributed by atoms with van der Waals surface area (Å²) in [5.41, 5.74) is 3.10. The smallest absolute Gasteiger partial charge is 0.550 e. The SMILES string of the molecule is CC.CC1OCCc2cc(F)ccc21.CCC1CCN1CC(Cc1ccccc1Cl)C(=O)[O-].[Na+]. The normalized spacial score (nSPS) is 19.6. The molecule has 3 unspecified atom stereocenters. The van der Waals surface area contributed by atoms with Crippen molar-refractivity contribution in [2.75, 3.05) is 19.7 Å². The molecule has 0 aromatic heterocycles. The van der Waals surface area contributed by atoms with E-state index in [0.29, 0.717) is 30.6 Å². The van der Waals surface area contributed by atoms with Crippen molar-refractivity contribution in [1.29, 1.82) is 0 Å². The predicted molar refractivity (Wildman–Crippen MR) is 130 cm³/mol. The van der Waals surface area contributed by atoms with Crippen LogP contribution in [0.2, 0.25) is 5.02 Å². The second-order valence-corrected chi connectivity index (χ2v) is 8.67. The molecule has 0 saturated carbocycles. The molecule has 3 atom stereocenters. The zero-order valence-corrected chi connectivity index (χ0v) is 23.9. The van der Waals surface area contributed by atoms with Crippen molar-refractivity contribution in [3.8, 4) is 0 Å². The summed E-state index contributed by atoms with van der Waals surface area (Å²) in [5, 5.41) is 11.9. The average Bonchev–Trinajstić information content (AvgIpc) is 2.79. The van der Waals surface area contributed by atoms with Gasteiger partial charge in [-0.25, -0.2) is 4.39 Å². The van der Waals surface area contributed by atoms with Crippen LogP contribution in [0, 0.1) is 11.7 Å². The number of ether oxygens (including phenoxy) is 1. The van der Waals surface area contributed by atoms with Crippen molar-refractivity contribution < 1.29 is 48.6 Å². The molecule has 4 nitrogen and oxygen atoms in total. The largest absolute Gasteiger partial charge is 1.00 e. The van der Waals surface area contributed by atoms with Crippen molar-refractivity contribution >= 4 is 17.6 Å². The predicted octanol–water partition coefficient (Wildman–Crippen LogP) is 2.22. The third-order valence-corrected chi connectivity index (χ3v) is 6.60. The number of carbonyl (C=O) groups excluding carboxylic acids is 1. The summed E-state index contributed by atoms with van der Waals surface area (Å²) < 4.78 is 18.2. The molecule has 1 fully saturated rings. The number of carbonyl (C=O) groups is 1. The van der Waals surface area contributed by atoms with Gasteiger partial charge in [-0.05, 0) is 74.0 Å². The molecule has 2 aliphatic heterocycles. The van der Waals surface area contributed by atoms with E-state index in [4.69, 9.17) is 16.3 Å². The van der Waals surface area contributed by atoms with Crippen molar-refractivity contribution in [3.05, 3.63) is 70.0 Å². The fourth-order valence-corrected chi connectivity index (χ4v) is 4.47. The fourth-order valence-electron chi connectivity index (χ4n) is 4.25. The van der Waals surface area contributed by atoms with Crippen LogP contribution in [-0.2, 0) is 22.4 Å². The quantitative estimate of drug-likeness (QED) is 0.572. The molecule has 2 aliphatic rings. The van der Waals surface area contributed by atoms with E-state index in [0.717, 1.165) is 36.1 Å². The van der Waals surface area contributed by atoms with E-state index in [1.165, 1.54) is 12.5 Å². The third-order valence-electron chi connectivity index (χ3n) is 6.23. The number of halogens is 2. The summed E-state index contributed by atoms with van der Waals surface area (Å²) in [5.74, 6) is -1.63. The van der Waals surface area contributed by atoms with Gasteiger partial charge in [-0.1, -0.05) is 56.6 Å². The monoisotopic (exact) mass is 499 g/mol. The second kappa shape index (κ2) is 15.9. The first-order chi connectivity index (χ1) is 15.9. The number of aliphatic carboxylic acids is 1. The van der Waals surface area contributed by atoms with Gasteiger partial charge in [0, 0.05) is 29.5 Å². The summed E-state index contributed by atoms with van der Waals surface area (Å²) in [6, 6.07) is 12.8. The molecule has 182 valence electrons. The van der Waals surface area contributed by atoms with E-state index in [2.05, 4.69) is 11.8 Å². The zero-order chi connectivity index (χ0) is 24.4. The van der Waals surface area contributed by atoms with Gasteiger partial charge in [0.05, 0.1) is 12.7 Å². The minimum atomic E-state index is -0.985. The number of nitrogens with zero attached hydrogens (tertiary/aromatic N) is 1. The van der Waals surface area contributed by atoms with Gasteiger partial charge in [-0.2, -0.15) is 0 Å². The number of hydrogen-bond donors (Lipinski definition) is 0.